The molecule has 1 aliphatic carbocycles. The molecule has 27 nitrogen and oxygen atoms in total. The number of aromatic nitrogens is 2. The third-order valence-corrected chi connectivity index (χ3v) is 18.1. The van der Waals surface area contributed by atoms with E-state index in [0.29, 0.717) is 31.4 Å². The van der Waals surface area contributed by atoms with Gasteiger partial charge in [-0.2, -0.15) is 13.6 Å². The minimum atomic E-state index is -5.80. The summed E-state index contributed by atoms with van der Waals surface area (Å²) in [4.78, 5) is 127. The first-order valence-corrected chi connectivity index (χ1v) is 31.1. The summed E-state index contributed by atoms with van der Waals surface area (Å²) in [5.41, 5.74) is 9.41. The maximum atomic E-state index is 13.6. The van der Waals surface area contributed by atoms with Gasteiger partial charge in [-0.3, -0.25) is 28.3 Å². The lowest BCUT2D eigenvalue weighted by Crippen LogP contribution is -2.43. The zero-order chi connectivity index (χ0) is 57.2. The monoisotopic (exact) mass is 1190 g/mol. The Labute approximate surface area is 453 Å². The third kappa shape index (κ3) is 20.9. The summed E-state index contributed by atoms with van der Waals surface area (Å²) in [5, 5.41) is 33.7. The Balaban J connectivity index is 1.07. The molecule has 1 fully saturated rings. The van der Waals surface area contributed by atoms with E-state index < -0.39 is 96.6 Å². The van der Waals surface area contributed by atoms with Gasteiger partial charge in [0.05, 0.1) is 12.7 Å². The standard InChI is InChI=1S/C46H60N5O22P3S2/c47-43-28(24-51(45(60)50-43)41-23-38(54)39(71-41)26-70-75(65,66)73-76(67,68)72-74(62,63)64)11-5-6-12-29(52)21-22-77-78-27-36(37(53)17-3-1-2-4-18-40(55)48-35(44(58)59)19-20-42(56)57)49-46(61)69-25-34-32-15-9-7-13-30(32)31-14-8-10-16-33(31)34/h5,7-11,13-16,24,34-36,38-39,41,54H,1-4,6,12,17-23,25-27H2,(H,48,55)(H,49,61)(H,56,57)(H,58,59)(H,65,66)(H,67,68)(H2,47,50,60)(H2,62,63,64)/t35?,36?,38?,39-,41-/m1/s1. The number of aliphatic carboxylic acids is 2. The van der Waals surface area contributed by atoms with Gasteiger partial charge in [-0.1, -0.05) is 95.1 Å². The number of benzene rings is 2. The van der Waals surface area contributed by atoms with E-state index in [4.69, 9.17) is 30.1 Å². The number of nitrogens with zero attached hydrogens (tertiary/aromatic N) is 2. The van der Waals surface area contributed by atoms with E-state index in [1.54, 1.807) is 6.08 Å². The lowest BCUT2D eigenvalue weighted by Gasteiger charge is -2.19. The number of anilines is 1. The van der Waals surface area contributed by atoms with Gasteiger partial charge in [0, 0.05) is 67.7 Å². The Hall–Kier alpha value is -5.09. The molecule has 11 N–H and O–H groups in total. The largest absolute Gasteiger partial charge is 0.490 e. The molecule has 78 heavy (non-hydrogen) atoms. The maximum Gasteiger partial charge on any atom is 0.490 e. The van der Waals surface area contributed by atoms with E-state index in [0.717, 1.165) is 26.8 Å². The van der Waals surface area contributed by atoms with Crippen LogP contribution < -0.4 is 22.1 Å². The summed E-state index contributed by atoms with van der Waals surface area (Å²) in [6.45, 7) is -0.936. The first-order valence-electron chi connectivity index (χ1n) is 24.1. The highest BCUT2D eigenvalue weighted by Crippen LogP contribution is 2.66. The predicted octanol–water partition coefficient (Wildman–Crippen LogP) is 5.20. The highest BCUT2D eigenvalue weighted by atomic mass is 33.1. The number of phosphoric acid groups is 3. The van der Waals surface area contributed by atoms with Crippen LogP contribution in [0.2, 0.25) is 0 Å². The number of ketones is 2. The minimum absolute atomic E-state index is 0.0107. The first kappa shape index (κ1) is 63.7. The number of hydrogen-bond donors (Lipinski definition) is 10. The topological polar surface area (TPSA) is 426 Å². The molecule has 1 aliphatic heterocycles. The van der Waals surface area contributed by atoms with Crippen molar-refractivity contribution in [3.63, 3.8) is 0 Å². The van der Waals surface area contributed by atoms with Gasteiger partial charge < -0.3 is 60.7 Å². The number of Topliss-reactive ketones (excluding diaryl/α,β-unsaturated/α-hetero) is 2. The van der Waals surface area contributed by atoms with Crippen molar-refractivity contribution in [2.45, 2.75) is 113 Å². The van der Waals surface area contributed by atoms with E-state index in [1.807, 2.05) is 48.5 Å². The van der Waals surface area contributed by atoms with Crippen LogP contribution in [0.5, 0.6) is 0 Å². The first-order chi connectivity index (χ1) is 36.8. The zero-order valence-corrected chi connectivity index (χ0v) is 45.8. The maximum absolute atomic E-state index is 13.6. The van der Waals surface area contributed by atoms with Crippen molar-refractivity contribution in [1.29, 1.82) is 0 Å². The molecular formula is C46H60N5O22P3S2. The number of aliphatic hydroxyl groups excluding tert-OH is 1. The molecule has 5 unspecified atom stereocenters. The van der Waals surface area contributed by atoms with Crippen molar-refractivity contribution < 1.29 is 100.0 Å². The number of unbranched alkanes of at least 4 members (excludes halogenated alkanes) is 3. The SMILES string of the molecule is Nc1nc(=O)n([C@H]2CC(O)[C@@H](COP(=O)(O)OP(=O)(O)OP(=O)(O)O)O2)cc1C=CCCC(=O)CCSSCC(NC(=O)OCC1c2ccccc2-c2ccccc21)C(=O)CCCCCCC(=O)NC(CCC(=O)O)C(=O)O. The van der Waals surface area contributed by atoms with Crippen LogP contribution in [0.4, 0.5) is 10.6 Å². The lowest BCUT2D eigenvalue weighted by atomic mass is 9.98. The molecule has 2 aromatic carbocycles. The van der Waals surface area contributed by atoms with Crippen LogP contribution >= 0.6 is 45.1 Å². The van der Waals surface area contributed by atoms with Gasteiger partial charge in [-0.25, -0.2) is 28.1 Å². The minimum Gasteiger partial charge on any atom is -0.481 e. The molecule has 5 rings (SSSR count). The van der Waals surface area contributed by atoms with Crippen molar-refractivity contribution in [3.8, 4) is 11.1 Å². The zero-order valence-electron chi connectivity index (χ0n) is 41.5. The summed E-state index contributed by atoms with van der Waals surface area (Å²) >= 11 is 0. The average molecular weight is 1190 g/mol. The van der Waals surface area contributed by atoms with Gasteiger partial charge in [-0.15, -0.1) is 0 Å². The Morgan fingerprint density at radius 1 is 0.821 bits per heavy atom. The molecule has 2 aliphatic rings. The smallest absolute Gasteiger partial charge is 0.481 e. The number of nitrogens with one attached hydrogen (secondary N) is 2. The number of hydrogen-bond acceptors (Lipinski definition) is 20. The molecular weight excluding hydrogens is 1130 g/mol. The molecule has 0 spiro atoms. The Kier molecular flexibility index (Phi) is 24.5. The lowest BCUT2D eigenvalue weighted by molar-refractivity contribution is -0.143. The molecule has 1 aromatic heterocycles. The number of allylic oxidation sites excluding steroid dienone is 1. The van der Waals surface area contributed by atoms with Crippen LogP contribution in [0.3, 0.4) is 0 Å². The third-order valence-electron chi connectivity index (χ3n) is 11.9. The van der Waals surface area contributed by atoms with Crippen LogP contribution in [-0.2, 0) is 60.3 Å². The Morgan fingerprint density at radius 2 is 1.47 bits per heavy atom. The molecule has 0 radical (unpaired) electrons. The molecule has 3 aromatic rings. The fraction of sp³-hybridized carbons (Fsp3) is 0.478. The number of nitrogen functional groups attached to an aromatic ring is 1. The van der Waals surface area contributed by atoms with Crippen molar-refractivity contribution in [3.05, 3.63) is 88.0 Å². The van der Waals surface area contributed by atoms with Crippen molar-refractivity contribution in [2.75, 3.05) is 30.5 Å². The summed E-state index contributed by atoms with van der Waals surface area (Å²) < 4.78 is 58.8. The van der Waals surface area contributed by atoms with Crippen LogP contribution in [0.1, 0.15) is 106 Å². The van der Waals surface area contributed by atoms with E-state index in [1.165, 1.54) is 33.9 Å². The van der Waals surface area contributed by atoms with Gasteiger partial charge in [-0.05, 0) is 47.9 Å². The summed E-state index contributed by atoms with van der Waals surface area (Å²) in [6, 6.07) is 13.4. The number of carboxylic acid groups (broad SMARTS) is 2. The van der Waals surface area contributed by atoms with Crippen LogP contribution in [0.25, 0.3) is 17.2 Å². The number of phosphoric ester groups is 1. The van der Waals surface area contributed by atoms with E-state index >= 15 is 0 Å². The Morgan fingerprint density at radius 3 is 2.12 bits per heavy atom. The summed E-state index contributed by atoms with van der Waals surface area (Å²) in [6.07, 6.45) is 1.16. The summed E-state index contributed by atoms with van der Waals surface area (Å²) in [5.74, 6) is -3.26. The molecule has 2 heterocycles. The van der Waals surface area contributed by atoms with Crippen molar-refractivity contribution >= 4 is 92.5 Å². The fourth-order valence-electron chi connectivity index (χ4n) is 8.15. The predicted molar refractivity (Wildman–Crippen MR) is 281 cm³/mol. The molecule has 32 heteroatoms. The van der Waals surface area contributed by atoms with Crippen molar-refractivity contribution in [1.82, 2.24) is 20.2 Å². The van der Waals surface area contributed by atoms with Gasteiger partial charge in [0.1, 0.15) is 42.6 Å². The number of rotatable bonds is 34. The fourth-order valence-corrected chi connectivity index (χ4v) is 13.4. The number of carboxylic acids is 2. The number of ether oxygens (including phenoxy) is 2. The normalized spacial score (nSPS) is 18.5. The number of alkyl carbamates (subject to hydrolysis) is 1. The number of aliphatic hydroxyl groups is 1. The molecule has 1 saturated heterocycles. The highest BCUT2D eigenvalue weighted by molar-refractivity contribution is 8.76. The number of nitrogens with two attached hydrogens (primary N) is 1. The van der Waals surface area contributed by atoms with E-state index in [-0.39, 0.29) is 86.2 Å². The Bertz CT molecular complexity index is 2830. The highest BCUT2D eigenvalue weighted by Gasteiger charge is 2.43. The van der Waals surface area contributed by atoms with Crippen LogP contribution in [-0.4, -0.2) is 129 Å². The molecule has 0 saturated carbocycles. The van der Waals surface area contributed by atoms with Crippen LogP contribution in [0, 0.1) is 0 Å². The molecule has 428 valence electrons. The van der Waals surface area contributed by atoms with Gasteiger partial charge in [0.2, 0.25) is 5.91 Å². The quantitative estimate of drug-likeness (QED) is 0.0208. The van der Waals surface area contributed by atoms with Gasteiger partial charge in [0.15, 0.2) is 5.78 Å². The number of amides is 2. The molecule has 2 amide bonds. The average Bonchev–Trinajstić information content (AvgIpc) is 3.91. The summed E-state index contributed by atoms with van der Waals surface area (Å²) in [7, 11) is -14.3. The number of carbonyl (C=O) groups excluding carboxylic acids is 4. The van der Waals surface area contributed by atoms with Crippen molar-refractivity contribution in [2.24, 2.45) is 0 Å². The molecule has 0 bridgehead atoms. The number of fused-ring (bicyclic) bond motifs is 3. The second kappa shape index (κ2) is 29.9. The van der Waals surface area contributed by atoms with Gasteiger partial charge in [0.25, 0.3) is 0 Å². The van der Waals surface area contributed by atoms with E-state index in [2.05, 4.69) is 28.8 Å². The molecule has 7 atom stereocenters. The van der Waals surface area contributed by atoms with E-state index in [9.17, 15) is 67.3 Å². The van der Waals surface area contributed by atoms with Gasteiger partial charge >= 0.3 is 47.2 Å². The second-order valence-electron chi connectivity index (χ2n) is 17.7. The van der Waals surface area contributed by atoms with Crippen LogP contribution in [0.15, 0.2) is 65.6 Å². The second-order valence-corrected chi connectivity index (χ2v) is 24.8. The number of carbonyl (C=O) groups is 6.